The van der Waals surface area contributed by atoms with Crippen molar-refractivity contribution < 1.29 is 0 Å². The van der Waals surface area contributed by atoms with E-state index < -0.39 is 0 Å². The molecule has 3 heteroatoms. The van der Waals surface area contributed by atoms with Crippen LogP contribution in [0.25, 0.3) is 0 Å². The van der Waals surface area contributed by atoms with E-state index in [4.69, 9.17) is 0 Å². The molecule has 0 aliphatic heterocycles. The Labute approximate surface area is 74.0 Å². The van der Waals surface area contributed by atoms with Gasteiger partial charge in [-0.15, -0.1) is 0 Å². The lowest BCUT2D eigenvalue weighted by atomic mass is 10.2. The zero-order valence-electron chi connectivity index (χ0n) is 8.55. The maximum Gasteiger partial charge on any atom is 0.129 e. The van der Waals surface area contributed by atoms with E-state index in [1.54, 1.807) is 0 Å². The monoisotopic (exact) mass is 167 g/mol. The van der Waals surface area contributed by atoms with Gasteiger partial charge in [-0.25, -0.2) is 0 Å². The predicted octanol–water partition coefficient (Wildman–Crippen LogP) is 1.36. The zero-order valence-corrected chi connectivity index (χ0v) is 8.55. The maximum atomic E-state index is 4.42. The van der Waals surface area contributed by atoms with Gasteiger partial charge in [0.05, 0.1) is 5.69 Å². The molecule has 1 aromatic heterocycles. The van der Waals surface area contributed by atoms with Crippen LogP contribution < -0.4 is 4.90 Å². The Morgan fingerprint density at radius 3 is 2.25 bits per heavy atom. The smallest absolute Gasteiger partial charge is 0.129 e. The highest BCUT2D eigenvalue weighted by molar-refractivity contribution is 5.48. The molecular weight excluding hydrogens is 150 g/mol. The van der Waals surface area contributed by atoms with E-state index in [9.17, 15) is 0 Å². The topological polar surface area (TPSA) is 21.1 Å². The van der Waals surface area contributed by atoms with Gasteiger partial charge >= 0.3 is 0 Å². The van der Waals surface area contributed by atoms with Gasteiger partial charge < -0.3 is 4.90 Å². The summed E-state index contributed by atoms with van der Waals surface area (Å²) in [5.74, 6) is 1.20. The molecule has 0 amide bonds. The van der Waals surface area contributed by atoms with Gasteiger partial charge in [0, 0.05) is 26.7 Å². The molecule has 0 N–H and O–H groups in total. The van der Waals surface area contributed by atoms with Crippen LogP contribution in [0.5, 0.6) is 0 Å². The molecule has 3 nitrogen and oxygen atoms in total. The first-order valence-corrected chi connectivity index (χ1v) is 4.27. The minimum atomic E-state index is 1.01. The van der Waals surface area contributed by atoms with Crippen molar-refractivity contribution in [2.45, 2.75) is 20.3 Å². The van der Waals surface area contributed by atoms with Crippen LogP contribution in [-0.4, -0.2) is 23.9 Å². The fourth-order valence-electron chi connectivity index (χ4n) is 1.64. The number of aryl methyl sites for hydroxylation is 2. The van der Waals surface area contributed by atoms with Crippen molar-refractivity contribution in [3.05, 3.63) is 11.3 Å². The summed E-state index contributed by atoms with van der Waals surface area (Å²) < 4.78 is 1.94. The number of hydrogen-bond acceptors (Lipinski definition) is 2. The van der Waals surface area contributed by atoms with E-state index in [2.05, 4.69) is 23.8 Å². The average Bonchev–Trinajstić information content (AvgIpc) is 2.25. The van der Waals surface area contributed by atoms with Crippen LogP contribution in [0.2, 0.25) is 0 Å². The minimum Gasteiger partial charge on any atom is -0.363 e. The summed E-state index contributed by atoms with van der Waals surface area (Å²) in [6.07, 6.45) is 1.01. The van der Waals surface area contributed by atoms with Crippen LogP contribution in [-0.2, 0) is 13.5 Å². The first-order chi connectivity index (χ1) is 5.57. The van der Waals surface area contributed by atoms with Gasteiger partial charge in [-0.3, -0.25) is 4.68 Å². The second-order valence-electron chi connectivity index (χ2n) is 3.27. The van der Waals surface area contributed by atoms with E-state index in [1.165, 1.54) is 17.1 Å². The Morgan fingerprint density at radius 2 is 2.00 bits per heavy atom. The molecule has 0 aliphatic carbocycles. The van der Waals surface area contributed by atoms with Gasteiger partial charge in [-0.05, 0) is 13.3 Å². The lowest BCUT2D eigenvalue weighted by molar-refractivity contribution is 0.736. The van der Waals surface area contributed by atoms with Crippen molar-refractivity contribution >= 4 is 5.82 Å². The van der Waals surface area contributed by atoms with Crippen LogP contribution in [0.15, 0.2) is 0 Å². The van der Waals surface area contributed by atoms with E-state index in [1.807, 2.05) is 25.8 Å². The van der Waals surface area contributed by atoms with Crippen LogP contribution in [0.3, 0.4) is 0 Å². The summed E-state index contributed by atoms with van der Waals surface area (Å²) in [5.41, 5.74) is 2.49. The minimum absolute atomic E-state index is 1.01. The molecule has 0 atom stereocenters. The number of anilines is 1. The summed E-state index contributed by atoms with van der Waals surface area (Å²) in [4.78, 5) is 2.10. The second-order valence-corrected chi connectivity index (χ2v) is 3.27. The van der Waals surface area contributed by atoms with E-state index in [0.717, 1.165) is 6.42 Å². The van der Waals surface area contributed by atoms with Crippen molar-refractivity contribution in [2.24, 2.45) is 7.05 Å². The lowest BCUT2D eigenvalue weighted by Gasteiger charge is -2.13. The molecule has 0 aliphatic rings. The van der Waals surface area contributed by atoms with Crippen molar-refractivity contribution in [3.8, 4) is 0 Å². The normalized spacial score (nSPS) is 10.4. The largest absolute Gasteiger partial charge is 0.363 e. The van der Waals surface area contributed by atoms with Crippen LogP contribution >= 0.6 is 0 Å². The molecule has 0 fully saturated rings. The molecule has 0 aromatic carbocycles. The summed E-state index contributed by atoms with van der Waals surface area (Å²) in [6.45, 7) is 4.26. The van der Waals surface area contributed by atoms with Gasteiger partial charge in [-0.2, -0.15) is 5.10 Å². The van der Waals surface area contributed by atoms with E-state index in [0.29, 0.717) is 0 Å². The molecule has 0 saturated heterocycles. The third-order valence-corrected chi connectivity index (χ3v) is 2.10. The quantitative estimate of drug-likeness (QED) is 0.663. The van der Waals surface area contributed by atoms with Gasteiger partial charge in [0.2, 0.25) is 0 Å². The molecule has 12 heavy (non-hydrogen) atoms. The third kappa shape index (κ3) is 1.31. The van der Waals surface area contributed by atoms with Crippen LogP contribution in [0, 0.1) is 6.92 Å². The van der Waals surface area contributed by atoms with Crippen LogP contribution in [0.4, 0.5) is 5.82 Å². The fraction of sp³-hybridized carbons (Fsp3) is 0.667. The highest BCUT2D eigenvalue weighted by Gasteiger charge is 2.11. The Bertz CT molecular complexity index is 274. The Kier molecular flexibility index (Phi) is 2.40. The van der Waals surface area contributed by atoms with Gasteiger partial charge in [0.15, 0.2) is 0 Å². The number of nitrogens with zero attached hydrogens (tertiary/aromatic N) is 3. The summed E-state index contributed by atoms with van der Waals surface area (Å²) in [7, 11) is 6.08. The number of aromatic nitrogens is 2. The van der Waals surface area contributed by atoms with Crippen molar-refractivity contribution in [2.75, 3.05) is 19.0 Å². The summed E-state index contributed by atoms with van der Waals surface area (Å²) in [5, 5.41) is 4.42. The van der Waals surface area contributed by atoms with Crippen LogP contribution in [0.1, 0.15) is 18.2 Å². The molecular formula is C9H17N3. The zero-order chi connectivity index (χ0) is 9.30. The van der Waals surface area contributed by atoms with Crippen molar-refractivity contribution in [1.82, 2.24) is 9.78 Å². The molecule has 0 bridgehead atoms. The predicted molar refractivity (Wildman–Crippen MR) is 51.7 cm³/mol. The molecule has 68 valence electrons. The highest BCUT2D eigenvalue weighted by atomic mass is 15.3. The van der Waals surface area contributed by atoms with Gasteiger partial charge in [0.25, 0.3) is 0 Å². The van der Waals surface area contributed by atoms with Crippen molar-refractivity contribution in [3.63, 3.8) is 0 Å². The van der Waals surface area contributed by atoms with Crippen molar-refractivity contribution in [1.29, 1.82) is 0 Å². The molecule has 0 unspecified atom stereocenters. The Morgan fingerprint density at radius 1 is 1.42 bits per heavy atom. The van der Waals surface area contributed by atoms with Gasteiger partial charge in [0.1, 0.15) is 5.82 Å². The Balaban J connectivity index is 3.19. The third-order valence-electron chi connectivity index (χ3n) is 2.10. The highest BCUT2D eigenvalue weighted by Crippen LogP contribution is 2.20. The lowest BCUT2D eigenvalue weighted by Crippen LogP contribution is -2.14. The molecule has 1 aromatic rings. The van der Waals surface area contributed by atoms with Gasteiger partial charge in [-0.1, -0.05) is 6.92 Å². The molecule has 0 radical (unpaired) electrons. The summed E-state index contributed by atoms with van der Waals surface area (Å²) >= 11 is 0. The molecule has 0 saturated carbocycles. The SMILES string of the molecule is CCc1nn(C)c(N(C)C)c1C. The Hall–Kier alpha value is -0.990. The number of hydrogen-bond donors (Lipinski definition) is 0. The second kappa shape index (κ2) is 3.17. The van der Waals surface area contributed by atoms with E-state index in [-0.39, 0.29) is 0 Å². The summed E-state index contributed by atoms with van der Waals surface area (Å²) in [6, 6.07) is 0. The van der Waals surface area contributed by atoms with E-state index >= 15 is 0 Å². The first kappa shape index (κ1) is 9.10. The molecule has 0 spiro atoms. The number of rotatable bonds is 2. The molecule has 1 rings (SSSR count). The molecule has 1 heterocycles. The fourth-order valence-corrected chi connectivity index (χ4v) is 1.64. The average molecular weight is 167 g/mol. The standard InChI is InChI=1S/C9H17N3/c1-6-8-7(2)9(11(3)4)12(5)10-8/h6H2,1-5H3. The maximum absolute atomic E-state index is 4.42. The first-order valence-electron chi connectivity index (χ1n) is 4.27.